The molecule has 0 radical (unpaired) electrons. The predicted octanol–water partition coefficient (Wildman–Crippen LogP) is 9.64. The molecule has 0 aliphatic heterocycles. The first kappa shape index (κ1) is 30.3. The number of halogens is 2. The molecule has 2 atom stereocenters. The van der Waals surface area contributed by atoms with E-state index in [0.717, 1.165) is 30.4 Å². The summed E-state index contributed by atoms with van der Waals surface area (Å²) in [5.41, 5.74) is 3.27. The quantitative estimate of drug-likeness (QED) is 0.0980. The summed E-state index contributed by atoms with van der Waals surface area (Å²) >= 11 is 15.0. The maximum Gasteiger partial charge on any atom is 2.00 e. The van der Waals surface area contributed by atoms with Gasteiger partial charge in [-0.2, -0.15) is 0 Å². The molecule has 3 saturated carbocycles. The van der Waals surface area contributed by atoms with Crippen LogP contribution in [0.15, 0.2) is 23.8 Å². The van der Waals surface area contributed by atoms with Gasteiger partial charge >= 0.3 is 19.5 Å². The Labute approximate surface area is 241 Å². The Bertz CT molecular complexity index is 900. The van der Waals surface area contributed by atoms with Gasteiger partial charge in [0.15, 0.2) is 0 Å². The van der Waals surface area contributed by atoms with Gasteiger partial charge in [0.05, 0.1) is 21.0 Å². The van der Waals surface area contributed by atoms with Crippen molar-refractivity contribution in [3.63, 3.8) is 0 Å². The van der Waals surface area contributed by atoms with Gasteiger partial charge in [-0.1, -0.05) is 46.4 Å². The number of nitro groups is 1. The van der Waals surface area contributed by atoms with Crippen LogP contribution in [-0.2, 0) is 19.5 Å². The third-order valence-corrected chi connectivity index (χ3v) is 13.3. The van der Waals surface area contributed by atoms with Crippen molar-refractivity contribution in [2.75, 3.05) is 0 Å². The Balaban J connectivity index is 0.00000361. The fourth-order valence-corrected chi connectivity index (χ4v) is 12.6. The summed E-state index contributed by atoms with van der Waals surface area (Å²) in [6.45, 7) is 3.95. The second-order valence-corrected chi connectivity index (χ2v) is 15.3. The fraction of sp³-hybridized carbons (Fsp3) is 0.714. The molecule has 0 heterocycles. The normalized spacial score (nSPS) is 27.3. The van der Waals surface area contributed by atoms with Gasteiger partial charge in [0, 0.05) is 17.7 Å². The molecule has 2 unspecified atom stereocenters. The summed E-state index contributed by atoms with van der Waals surface area (Å²) in [5.74, 6) is 0.659. The van der Waals surface area contributed by atoms with E-state index in [1.54, 1.807) is 12.1 Å². The molecule has 8 heteroatoms. The van der Waals surface area contributed by atoms with E-state index in [1.165, 1.54) is 70.3 Å². The molecule has 36 heavy (non-hydrogen) atoms. The van der Waals surface area contributed by atoms with Crippen molar-refractivity contribution in [1.82, 2.24) is 0 Å². The van der Waals surface area contributed by atoms with Crippen LogP contribution in [0.2, 0.25) is 0 Å². The van der Waals surface area contributed by atoms with Gasteiger partial charge in [-0.05, 0) is 87.8 Å². The molecule has 3 aliphatic carbocycles. The number of nitrogens with zero attached hydrogens (tertiary/aromatic N) is 1. The second-order valence-electron chi connectivity index (χ2n) is 10.9. The summed E-state index contributed by atoms with van der Waals surface area (Å²) in [6.07, 6.45) is 18.0. The van der Waals surface area contributed by atoms with Crippen molar-refractivity contribution in [2.45, 2.75) is 125 Å². The predicted molar refractivity (Wildman–Crippen MR) is 150 cm³/mol. The third kappa shape index (κ3) is 7.05. The van der Waals surface area contributed by atoms with Crippen LogP contribution in [0.4, 0.5) is 5.69 Å². The van der Waals surface area contributed by atoms with E-state index in [1.807, 2.05) is 13.8 Å². The van der Waals surface area contributed by atoms with E-state index in [2.05, 4.69) is 6.08 Å². The minimum atomic E-state index is -0.468. The van der Waals surface area contributed by atoms with Crippen LogP contribution < -0.4 is 4.74 Å². The molecular weight excluding hydrogens is 601 g/mol. The molecule has 4 rings (SSSR count). The van der Waals surface area contributed by atoms with E-state index in [-0.39, 0.29) is 41.6 Å². The van der Waals surface area contributed by atoms with Crippen molar-refractivity contribution in [2.24, 2.45) is 0 Å². The molecule has 0 amide bonds. The molecule has 1 aromatic rings. The maximum atomic E-state index is 11.6. The van der Waals surface area contributed by atoms with Gasteiger partial charge in [-0.3, -0.25) is 10.1 Å². The molecule has 0 aromatic heterocycles. The number of hydrogen-bond acceptors (Lipinski definition) is 3. The molecular formula is C28H40Cl2NO3PRu+2. The van der Waals surface area contributed by atoms with E-state index < -0.39 is 12.5 Å². The maximum absolute atomic E-state index is 11.6. The monoisotopic (exact) mass is 641 g/mol. The molecule has 0 bridgehead atoms. The van der Waals surface area contributed by atoms with Gasteiger partial charge in [0.2, 0.25) is 0 Å². The summed E-state index contributed by atoms with van der Waals surface area (Å²) in [5, 5.41) is 11.4. The molecule has 3 aliphatic rings. The van der Waals surface area contributed by atoms with Crippen LogP contribution in [-0.4, -0.2) is 32.3 Å². The number of allylic oxidation sites excluding steroid dienone is 1. The smallest absolute Gasteiger partial charge is 0.490 e. The SMILES string of the molecule is CC(C)Oc1ccc([N+](=O)[O-])cc1C=C1C(Cl)CCCC1(Cl)P(C1CCCCC1)C1CCCCC1.[Ru+2]. The van der Waals surface area contributed by atoms with Crippen LogP contribution in [0.3, 0.4) is 0 Å². The number of hydrogen-bond donors (Lipinski definition) is 0. The van der Waals surface area contributed by atoms with Crippen LogP contribution in [0.1, 0.15) is 103 Å². The third-order valence-electron chi connectivity index (χ3n) is 7.97. The summed E-state index contributed by atoms with van der Waals surface area (Å²) in [4.78, 5) is 11.2. The topological polar surface area (TPSA) is 52.4 Å². The number of rotatable bonds is 7. The Kier molecular flexibility index (Phi) is 11.6. The summed E-state index contributed by atoms with van der Waals surface area (Å²) in [6, 6.07) is 4.87. The number of non-ortho nitro benzene ring substituents is 1. The van der Waals surface area contributed by atoms with E-state index in [9.17, 15) is 10.1 Å². The largest absolute Gasteiger partial charge is 2.00 e. The zero-order chi connectivity index (χ0) is 25.0. The standard InChI is InChI=1S/C28H40Cl2NO3P.Ru/c1-20(2)34-27-16-15-22(31(32)33)18-21(27)19-25-26(29)14-9-17-28(25,30)35(23-10-5-3-6-11-23)24-12-7-4-8-13-24;/h15-16,18-20,23-24,26H,3-14,17H2,1-2H3;/q;+2. The number of ether oxygens (including phenoxy) is 1. The first-order valence-electron chi connectivity index (χ1n) is 13.6. The Morgan fingerprint density at radius 1 is 1.03 bits per heavy atom. The van der Waals surface area contributed by atoms with Gasteiger partial charge in [0.1, 0.15) is 5.75 Å². The summed E-state index contributed by atoms with van der Waals surface area (Å²) < 4.78 is 5.63. The zero-order valence-electron chi connectivity index (χ0n) is 21.5. The van der Waals surface area contributed by atoms with Crippen LogP contribution in [0, 0.1) is 10.1 Å². The van der Waals surface area contributed by atoms with Crippen LogP contribution >= 0.6 is 31.1 Å². The molecule has 200 valence electrons. The number of nitro benzene ring substituents is 1. The summed E-state index contributed by atoms with van der Waals surface area (Å²) in [7, 11) is -0.468. The van der Waals surface area contributed by atoms with Crippen molar-refractivity contribution in [3.8, 4) is 5.75 Å². The van der Waals surface area contributed by atoms with E-state index in [0.29, 0.717) is 17.1 Å². The molecule has 0 saturated heterocycles. The fourth-order valence-electron chi connectivity index (χ4n) is 6.42. The van der Waals surface area contributed by atoms with E-state index >= 15 is 0 Å². The van der Waals surface area contributed by atoms with Gasteiger partial charge in [-0.25, -0.2) is 0 Å². The van der Waals surface area contributed by atoms with Crippen molar-refractivity contribution in [1.29, 1.82) is 0 Å². The number of benzene rings is 1. The van der Waals surface area contributed by atoms with Crippen molar-refractivity contribution >= 4 is 42.9 Å². The minimum Gasteiger partial charge on any atom is -0.490 e. The van der Waals surface area contributed by atoms with Gasteiger partial charge < -0.3 is 4.74 Å². The average Bonchev–Trinajstić information content (AvgIpc) is 2.83. The minimum absolute atomic E-state index is 0. The zero-order valence-corrected chi connectivity index (χ0v) is 25.7. The number of alkyl halides is 2. The van der Waals surface area contributed by atoms with Crippen molar-refractivity contribution in [3.05, 3.63) is 39.4 Å². The van der Waals surface area contributed by atoms with E-state index in [4.69, 9.17) is 27.9 Å². The average molecular weight is 642 g/mol. The molecule has 0 N–H and O–H groups in total. The Morgan fingerprint density at radius 3 is 2.14 bits per heavy atom. The molecule has 4 nitrogen and oxygen atoms in total. The van der Waals surface area contributed by atoms with Crippen molar-refractivity contribution < 1.29 is 29.1 Å². The van der Waals surface area contributed by atoms with Gasteiger partial charge in [0.25, 0.3) is 5.69 Å². The van der Waals surface area contributed by atoms with Gasteiger partial charge in [-0.15, -0.1) is 23.2 Å². The Morgan fingerprint density at radius 2 is 1.61 bits per heavy atom. The Hall–Kier alpha value is -0.207. The molecule has 3 fully saturated rings. The first-order chi connectivity index (χ1) is 16.8. The molecule has 1 aromatic carbocycles. The second kappa shape index (κ2) is 13.7. The first-order valence-corrected chi connectivity index (χ1v) is 15.9. The van der Waals surface area contributed by atoms with Crippen LogP contribution in [0.25, 0.3) is 6.08 Å². The van der Waals surface area contributed by atoms with Crippen LogP contribution in [0.5, 0.6) is 5.75 Å². The molecule has 0 spiro atoms.